The summed E-state index contributed by atoms with van der Waals surface area (Å²) < 4.78 is 13.7. The summed E-state index contributed by atoms with van der Waals surface area (Å²) in [6.07, 6.45) is 3.29. The van der Waals surface area contributed by atoms with Crippen LogP contribution in [0.4, 0.5) is 4.39 Å². The third-order valence-electron chi connectivity index (χ3n) is 4.00. The van der Waals surface area contributed by atoms with Crippen molar-refractivity contribution in [2.24, 2.45) is 0 Å². The number of nitrogens with zero attached hydrogens (tertiary/aromatic N) is 1. The van der Waals surface area contributed by atoms with Gasteiger partial charge in [-0.3, -0.25) is 14.6 Å². The summed E-state index contributed by atoms with van der Waals surface area (Å²) >= 11 is 0. The highest BCUT2D eigenvalue weighted by Gasteiger charge is 2.24. The molecule has 1 aliphatic heterocycles. The number of amides is 2. The maximum atomic E-state index is 13.7. The number of nitrogens with one attached hydrogen (secondary N) is 2. The highest BCUT2D eigenvalue weighted by Crippen LogP contribution is 2.13. The molecule has 1 aliphatic rings. The Hall–Kier alpha value is -2.76. The Kier molecular flexibility index (Phi) is 4.84. The van der Waals surface area contributed by atoms with Gasteiger partial charge >= 0.3 is 0 Å². The number of hydrogen-bond donors (Lipinski definition) is 2. The van der Waals surface area contributed by atoms with Gasteiger partial charge in [-0.15, -0.1) is 0 Å². The molecule has 24 heavy (non-hydrogen) atoms. The summed E-state index contributed by atoms with van der Waals surface area (Å²) in [4.78, 5) is 28.3. The van der Waals surface area contributed by atoms with E-state index in [9.17, 15) is 14.0 Å². The summed E-state index contributed by atoms with van der Waals surface area (Å²) in [5, 5.41) is 5.47. The van der Waals surface area contributed by atoms with Crippen molar-refractivity contribution in [3.8, 4) is 0 Å². The van der Waals surface area contributed by atoms with Crippen LogP contribution < -0.4 is 10.6 Å². The Labute approximate surface area is 139 Å². The highest BCUT2D eigenvalue weighted by atomic mass is 19.1. The van der Waals surface area contributed by atoms with Crippen molar-refractivity contribution in [1.29, 1.82) is 0 Å². The average Bonchev–Trinajstić information content (AvgIpc) is 2.59. The molecule has 2 N–H and O–H groups in total. The third kappa shape index (κ3) is 3.76. The molecule has 1 atom stereocenters. The zero-order valence-electron chi connectivity index (χ0n) is 13.1. The van der Waals surface area contributed by atoms with Crippen LogP contribution in [0.5, 0.6) is 0 Å². The van der Waals surface area contributed by atoms with Crippen LogP contribution >= 0.6 is 0 Å². The number of carbonyl (C=O) groups excluding carboxylic acids is 2. The lowest BCUT2D eigenvalue weighted by atomic mass is 10.0. The summed E-state index contributed by atoms with van der Waals surface area (Å²) in [7, 11) is 0. The van der Waals surface area contributed by atoms with Gasteiger partial charge in [0.15, 0.2) is 0 Å². The first-order chi connectivity index (χ1) is 11.6. The number of benzene rings is 1. The molecule has 0 aliphatic carbocycles. The molecule has 2 heterocycles. The maximum absolute atomic E-state index is 13.7. The Morgan fingerprint density at radius 2 is 2.17 bits per heavy atom. The molecular formula is C18H18FN3O2. The summed E-state index contributed by atoms with van der Waals surface area (Å²) in [5.41, 5.74) is 1.53. The van der Waals surface area contributed by atoms with Crippen molar-refractivity contribution >= 4 is 11.8 Å². The number of carbonyl (C=O) groups is 2. The van der Waals surface area contributed by atoms with Gasteiger partial charge in [-0.05, 0) is 36.6 Å². The van der Waals surface area contributed by atoms with E-state index in [1.165, 1.54) is 12.3 Å². The van der Waals surface area contributed by atoms with Gasteiger partial charge in [0.25, 0.3) is 5.91 Å². The van der Waals surface area contributed by atoms with Crippen LogP contribution in [0, 0.1) is 5.82 Å². The number of aromatic nitrogens is 1. The fourth-order valence-electron chi connectivity index (χ4n) is 2.70. The molecule has 1 saturated heterocycles. The van der Waals surface area contributed by atoms with E-state index in [0.29, 0.717) is 36.2 Å². The van der Waals surface area contributed by atoms with Crippen molar-refractivity contribution < 1.29 is 14.0 Å². The van der Waals surface area contributed by atoms with Crippen molar-refractivity contribution in [3.63, 3.8) is 0 Å². The van der Waals surface area contributed by atoms with Crippen LogP contribution in [0.25, 0.3) is 0 Å². The van der Waals surface area contributed by atoms with E-state index in [4.69, 9.17) is 0 Å². The molecule has 3 rings (SSSR count). The molecule has 0 radical (unpaired) electrons. The van der Waals surface area contributed by atoms with Crippen LogP contribution in [0.3, 0.4) is 0 Å². The van der Waals surface area contributed by atoms with Gasteiger partial charge in [0.1, 0.15) is 11.9 Å². The number of pyridine rings is 1. The molecule has 5 nitrogen and oxygen atoms in total. The van der Waals surface area contributed by atoms with E-state index in [0.717, 1.165) is 6.42 Å². The van der Waals surface area contributed by atoms with Crippen LogP contribution in [0.15, 0.2) is 42.6 Å². The second kappa shape index (κ2) is 7.21. The van der Waals surface area contributed by atoms with Crippen molar-refractivity contribution in [2.75, 3.05) is 6.54 Å². The first-order valence-corrected chi connectivity index (χ1v) is 7.90. The first-order valence-electron chi connectivity index (χ1n) is 7.90. The Morgan fingerprint density at radius 1 is 1.33 bits per heavy atom. The minimum atomic E-state index is -0.505. The van der Waals surface area contributed by atoms with Crippen molar-refractivity contribution in [1.82, 2.24) is 15.6 Å². The highest BCUT2D eigenvalue weighted by molar-refractivity contribution is 5.97. The Morgan fingerprint density at radius 3 is 2.96 bits per heavy atom. The molecule has 124 valence electrons. The number of rotatable bonds is 4. The number of piperidine rings is 1. The van der Waals surface area contributed by atoms with Gasteiger partial charge in [-0.1, -0.05) is 18.2 Å². The molecule has 2 aromatic rings. The SMILES string of the molecule is O=C(NC1CCCNC1=O)c1ccnc(Cc2ccccc2F)c1. The van der Waals surface area contributed by atoms with Gasteiger partial charge in [-0.25, -0.2) is 4.39 Å². The molecule has 1 aromatic carbocycles. The van der Waals surface area contributed by atoms with Crippen LogP contribution in [-0.4, -0.2) is 29.4 Å². The largest absolute Gasteiger partial charge is 0.354 e. The topological polar surface area (TPSA) is 71.1 Å². The molecular weight excluding hydrogens is 309 g/mol. The van der Waals surface area contributed by atoms with E-state index in [2.05, 4.69) is 15.6 Å². The van der Waals surface area contributed by atoms with Crippen molar-refractivity contribution in [2.45, 2.75) is 25.3 Å². The quantitative estimate of drug-likeness (QED) is 0.900. The van der Waals surface area contributed by atoms with E-state index in [1.807, 2.05) is 0 Å². The Balaban J connectivity index is 1.71. The van der Waals surface area contributed by atoms with Gasteiger partial charge in [0.2, 0.25) is 5.91 Å². The molecule has 6 heteroatoms. The van der Waals surface area contributed by atoms with Crippen LogP contribution in [0.1, 0.15) is 34.5 Å². The summed E-state index contributed by atoms with van der Waals surface area (Å²) in [6.45, 7) is 0.646. The standard InChI is InChI=1S/C18H18FN3O2/c19-15-5-2-1-4-12(15)10-14-11-13(7-9-20-14)17(23)22-16-6-3-8-21-18(16)24/h1-2,4-5,7,9,11,16H,3,6,8,10H2,(H,21,24)(H,22,23). The van der Waals surface area contributed by atoms with Gasteiger partial charge in [0, 0.05) is 30.4 Å². The van der Waals surface area contributed by atoms with Crippen molar-refractivity contribution in [3.05, 3.63) is 65.2 Å². The smallest absolute Gasteiger partial charge is 0.252 e. The van der Waals surface area contributed by atoms with E-state index >= 15 is 0 Å². The van der Waals surface area contributed by atoms with Crippen LogP contribution in [0.2, 0.25) is 0 Å². The van der Waals surface area contributed by atoms with E-state index < -0.39 is 6.04 Å². The third-order valence-corrected chi connectivity index (χ3v) is 4.00. The lowest BCUT2D eigenvalue weighted by Crippen LogP contribution is -2.50. The first kappa shape index (κ1) is 16.1. The molecule has 0 spiro atoms. The van der Waals surface area contributed by atoms with Gasteiger partial charge < -0.3 is 10.6 Å². The Bertz CT molecular complexity index is 763. The molecule has 0 saturated carbocycles. The summed E-state index contributed by atoms with van der Waals surface area (Å²) in [5.74, 6) is -0.780. The molecule has 1 unspecified atom stereocenters. The number of halogens is 1. The second-order valence-corrected chi connectivity index (χ2v) is 5.76. The van der Waals surface area contributed by atoms with Gasteiger partial charge in [0.05, 0.1) is 0 Å². The predicted octanol–water partition coefficient (Wildman–Crippen LogP) is 1.82. The summed E-state index contributed by atoms with van der Waals surface area (Å²) in [6, 6.07) is 9.18. The zero-order chi connectivity index (χ0) is 16.9. The molecule has 0 bridgehead atoms. The van der Waals surface area contributed by atoms with Crippen LogP contribution in [-0.2, 0) is 11.2 Å². The predicted molar refractivity (Wildman–Crippen MR) is 86.9 cm³/mol. The normalized spacial score (nSPS) is 17.2. The zero-order valence-corrected chi connectivity index (χ0v) is 13.1. The molecule has 2 amide bonds. The van der Waals surface area contributed by atoms with E-state index in [1.54, 1.807) is 30.3 Å². The molecule has 1 fully saturated rings. The minimum Gasteiger partial charge on any atom is -0.354 e. The fraction of sp³-hybridized carbons (Fsp3) is 0.278. The second-order valence-electron chi connectivity index (χ2n) is 5.76. The average molecular weight is 327 g/mol. The number of hydrogen-bond acceptors (Lipinski definition) is 3. The fourth-order valence-corrected chi connectivity index (χ4v) is 2.70. The lowest BCUT2D eigenvalue weighted by molar-refractivity contribution is -0.124. The minimum absolute atomic E-state index is 0.157. The van der Waals surface area contributed by atoms with Gasteiger partial charge in [-0.2, -0.15) is 0 Å². The molecule has 1 aromatic heterocycles. The monoisotopic (exact) mass is 327 g/mol. The lowest BCUT2D eigenvalue weighted by Gasteiger charge is -2.22. The maximum Gasteiger partial charge on any atom is 0.252 e. The van der Waals surface area contributed by atoms with E-state index in [-0.39, 0.29) is 17.6 Å².